The number of carbonyl (C=O) groups excluding carboxylic acids is 2. The highest BCUT2D eigenvalue weighted by Crippen LogP contribution is 2.15. The maximum Gasteiger partial charge on any atom is 0.331 e. The number of nitrogens with zero attached hydrogens (tertiary/aromatic N) is 1. The molecule has 1 atom stereocenters. The van der Waals surface area contributed by atoms with Gasteiger partial charge in [0.25, 0.3) is 0 Å². The van der Waals surface area contributed by atoms with Gasteiger partial charge in [0.2, 0.25) is 5.91 Å². The van der Waals surface area contributed by atoms with E-state index in [-0.39, 0.29) is 11.8 Å². The summed E-state index contributed by atoms with van der Waals surface area (Å²) >= 11 is 0. The number of esters is 1. The van der Waals surface area contributed by atoms with Gasteiger partial charge in [-0.3, -0.25) is 4.79 Å². The Hall–Kier alpha value is -1.52. The van der Waals surface area contributed by atoms with Crippen LogP contribution in [-0.4, -0.2) is 37.0 Å². The van der Waals surface area contributed by atoms with Gasteiger partial charge < -0.3 is 15.4 Å². The molecule has 0 aromatic heterocycles. The van der Waals surface area contributed by atoms with Crippen LogP contribution in [0.3, 0.4) is 0 Å². The van der Waals surface area contributed by atoms with Crippen molar-refractivity contribution in [3.8, 4) is 0 Å². The first-order valence-corrected chi connectivity index (χ1v) is 4.93. The third kappa shape index (κ3) is 3.61. The number of amides is 1. The van der Waals surface area contributed by atoms with Crippen LogP contribution in [0.2, 0.25) is 0 Å². The van der Waals surface area contributed by atoms with Crippen molar-refractivity contribution in [1.82, 2.24) is 4.90 Å². The lowest BCUT2D eigenvalue weighted by molar-refractivity contribution is -0.134. The van der Waals surface area contributed by atoms with E-state index in [0.717, 1.165) is 19.4 Å². The van der Waals surface area contributed by atoms with Crippen LogP contribution in [0.1, 0.15) is 12.8 Å². The van der Waals surface area contributed by atoms with E-state index in [4.69, 9.17) is 5.73 Å². The minimum atomic E-state index is -0.392. The van der Waals surface area contributed by atoms with Crippen molar-refractivity contribution in [1.29, 1.82) is 0 Å². The SMILES string of the molecule is COC(=O)C=CN1CCCC(C(N)=O)C1. The Kier molecular flexibility index (Phi) is 4.15. The van der Waals surface area contributed by atoms with Gasteiger partial charge in [0.15, 0.2) is 0 Å². The second-order valence-electron chi connectivity index (χ2n) is 3.58. The first-order valence-electron chi connectivity index (χ1n) is 4.93. The van der Waals surface area contributed by atoms with Crippen molar-refractivity contribution in [3.63, 3.8) is 0 Å². The number of piperidine rings is 1. The summed E-state index contributed by atoms with van der Waals surface area (Å²) in [4.78, 5) is 23.7. The van der Waals surface area contributed by atoms with Gasteiger partial charge in [-0.15, -0.1) is 0 Å². The molecule has 1 aliphatic rings. The number of methoxy groups -OCH3 is 1. The molecular formula is C10H16N2O3. The zero-order chi connectivity index (χ0) is 11.3. The first-order chi connectivity index (χ1) is 7.13. The Balaban J connectivity index is 2.46. The van der Waals surface area contributed by atoms with E-state index < -0.39 is 5.97 Å². The number of hydrogen-bond acceptors (Lipinski definition) is 4. The second-order valence-corrected chi connectivity index (χ2v) is 3.58. The molecule has 0 radical (unpaired) electrons. The quantitative estimate of drug-likeness (QED) is 0.522. The molecule has 5 nitrogen and oxygen atoms in total. The maximum absolute atomic E-state index is 11.0. The fourth-order valence-corrected chi connectivity index (χ4v) is 1.61. The van der Waals surface area contributed by atoms with E-state index in [2.05, 4.69) is 4.74 Å². The highest BCUT2D eigenvalue weighted by atomic mass is 16.5. The highest BCUT2D eigenvalue weighted by Gasteiger charge is 2.21. The van der Waals surface area contributed by atoms with E-state index in [1.807, 2.05) is 4.90 Å². The average Bonchev–Trinajstić information content (AvgIpc) is 2.26. The molecule has 1 heterocycles. The van der Waals surface area contributed by atoms with Crippen LogP contribution in [0.15, 0.2) is 12.3 Å². The number of hydrogen-bond donors (Lipinski definition) is 1. The van der Waals surface area contributed by atoms with E-state index in [0.29, 0.717) is 6.54 Å². The lowest BCUT2D eigenvalue weighted by Gasteiger charge is -2.29. The van der Waals surface area contributed by atoms with E-state index in [1.54, 1.807) is 6.20 Å². The Morgan fingerprint density at radius 3 is 2.87 bits per heavy atom. The summed E-state index contributed by atoms with van der Waals surface area (Å²) in [5, 5.41) is 0. The molecule has 1 fully saturated rings. The molecule has 0 aliphatic carbocycles. The highest BCUT2D eigenvalue weighted by molar-refractivity contribution is 5.81. The van der Waals surface area contributed by atoms with Gasteiger partial charge in [0.1, 0.15) is 0 Å². The van der Waals surface area contributed by atoms with Crippen LogP contribution in [0.25, 0.3) is 0 Å². The molecule has 2 N–H and O–H groups in total. The van der Waals surface area contributed by atoms with Crippen molar-refractivity contribution in [2.75, 3.05) is 20.2 Å². The summed E-state index contributed by atoms with van der Waals surface area (Å²) in [7, 11) is 1.33. The van der Waals surface area contributed by atoms with Crippen LogP contribution in [0.4, 0.5) is 0 Å². The molecule has 1 unspecified atom stereocenters. The van der Waals surface area contributed by atoms with E-state index >= 15 is 0 Å². The molecule has 0 aromatic rings. The predicted octanol–water partition coefficient (Wildman–Crippen LogP) is -0.130. The second kappa shape index (κ2) is 5.38. The number of nitrogens with two attached hydrogens (primary N) is 1. The Labute approximate surface area is 88.9 Å². The fraction of sp³-hybridized carbons (Fsp3) is 0.600. The van der Waals surface area contributed by atoms with Gasteiger partial charge in [0, 0.05) is 25.4 Å². The van der Waals surface area contributed by atoms with Gasteiger partial charge in [0.05, 0.1) is 13.0 Å². The van der Waals surface area contributed by atoms with Crippen molar-refractivity contribution in [2.24, 2.45) is 11.7 Å². The largest absolute Gasteiger partial charge is 0.466 e. The lowest BCUT2D eigenvalue weighted by Crippen LogP contribution is -2.38. The molecule has 1 amide bonds. The minimum absolute atomic E-state index is 0.110. The number of carbonyl (C=O) groups is 2. The number of likely N-dealkylation sites (tertiary alicyclic amines) is 1. The standard InChI is InChI=1S/C10H16N2O3/c1-15-9(13)4-6-12-5-2-3-8(7-12)10(11)14/h4,6,8H,2-3,5,7H2,1H3,(H2,11,14). The molecule has 5 heteroatoms. The van der Waals surface area contributed by atoms with Gasteiger partial charge >= 0.3 is 5.97 Å². The normalized spacial score (nSPS) is 21.7. The molecular weight excluding hydrogens is 196 g/mol. The van der Waals surface area contributed by atoms with Crippen LogP contribution in [-0.2, 0) is 14.3 Å². The van der Waals surface area contributed by atoms with Crippen molar-refractivity contribution >= 4 is 11.9 Å². The van der Waals surface area contributed by atoms with E-state index in [9.17, 15) is 9.59 Å². The molecule has 0 spiro atoms. The molecule has 0 saturated carbocycles. The van der Waals surface area contributed by atoms with Gasteiger partial charge in [-0.2, -0.15) is 0 Å². The van der Waals surface area contributed by atoms with Crippen molar-refractivity contribution in [2.45, 2.75) is 12.8 Å². The maximum atomic E-state index is 11.0. The van der Waals surface area contributed by atoms with Crippen molar-refractivity contribution in [3.05, 3.63) is 12.3 Å². The molecule has 0 bridgehead atoms. The first kappa shape index (κ1) is 11.6. The van der Waals surface area contributed by atoms with Gasteiger partial charge in [-0.1, -0.05) is 0 Å². The Bertz CT molecular complexity index is 276. The van der Waals surface area contributed by atoms with E-state index in [1.165, 1.54) is 13.2 Å². The monoisotopic (exact) mass is 212 g/mol. The average molecular weight is 212 g/mol. The number of ether oxygens (including phenoxy) is 1. The van der Waals surface area contributed by atoms with Crippen molar-refractivity contribution < 1.29 is 14.3 Å². The van der Waals surface area contributed by atoms with Gasteiger partial charge in [-0.25, -0.2) is 4.79 Å². The fourth-order valence-electron chi connectivity index (χ4n) is 1.61. The zero-order valence-corrected chi connectivity index (χ0v) is 8.81. The third-order valence-electron chi connectivity index (χ3n) is 2.48. The predicted molar refractivity (Wildman–Crippen MR) is 54.6 cm³/mol. The van der Waals surface area contributed by atoms with Crippen LogP contribution >= 0.6 is 0 Å². The summed E-state index contributed by atoms with van der Waals surface area (Å²) in [6, 6.07) is 0. The summed E-state index contributed by atoms with van der Waals surface area (Å²) in [6.45, 7) is 1.43. The molecule has 0 aromatic carbocycles. The van der Waals surface area contributed by atoms with Gasteiger partial charge in [-0.05, 0) is 12.8 Å². The Morgan fingerprint density at radius 2 is 2.27 bits per heavy atom. The third-order valence-corrected chi connectivity index (χ3v) is 2.48. The van der Waals surface area contributed by atoms with Crippen LogP contribution in [0, 0.1) is 5.92 Å². The van der Waals surface area contributed by atoms with Crippen LogP contribution < -0.4 is 5.73 Å². The molecule has 1 saturated heterocycles. The smallest absolute Gasteiger partial charge is 0.331 e. The summed E-state index contributed by atoms with van der Waals surface area (Å²) in [5.41, 5.74) is 5.23. The minimum Gasteiger partial charge on any atom is -0.466 e. The topological polar surface area (TPSA) is 72.6 Å². The summed E-state index contributed by atoms with van der Waals surface area (Å²) in [5.74, 6) is -0.775. The summed E-state index contributed by atoms with van der Waals surface area (Å²) in [6.07, 6.45) is 4.75. The molecule has 84 valence electrons. The number of primary amides is 1. The molecule has 1 aliphatic heterocycles. The Morgan fingerprint density at radius 1 is 1.53 bits per heavy atom. The van der Waals surface area contributed by atoms with Crippen LogP contribution in [0.5, 0.6) is 0 Å². The zero-order valence-electron chi connectivity index (χ0n) is 8.81. The number of rotatable bonds is 3. The molecule has 15 heavy (non-hydrogen) atoms. The summed E-state index contributed by atoms with van der Waals surface area (Å²) < 4.78 is 4.47. The lowest BCUT2D eigenvalue weighted by atomic mass is 9.98. The molecule has 1 rings (SSSR count).